The highest BCUT2D eigenvalue weighted by Gasteiger charge is 2.23. The largest absolute Gasteiger partial charge is 0.497 e. The Balaban J connectivity index is 1.76. The number of carbonyl (C=O) groups excluding carboxylic acids is 1. The second-order valence-electron chi connectivity index (χ2n) is 8.41. The zero-order valence-corrected chi connectivity index (χ0v) is 19.9. The van der Waals surface area contributed by atoms with Crippen LogP contribution in [0.2, 0.25) is 0 Å². The summed E-state index contributed by atoms with van der Waals surface area (Å²) < 4.78 is 7.13. The molecule has 0 saturated carbocycles. The van der Waals surface area contributed by atoms with E-state index in [-0.39, 0.29) is 5.91 Å². The van der Waals surface area contributed by atoms with E-state index < -0.39 is 0 Å². The molecule has 0 aliphatic heterocycles. The van der Waals surface area contributed by atoms with Crippen LogP contribution in [0.5, 0.6) is 5.75 Å². The van der Waals surface area contributed by atoms with Crippen LogP contribution in [-0.2, 0) is 6.54 Å². The summed E-state index contributed by atoms with van der Waals surface area (Å²) in [6.45, 7) is 1.90. The maximum Gasteiger partial charge on any atom is 0.272 e. The highest BCUT2D eigenvalue weighted by atomic mass is 16.5. The van der Waals surface area contributed by atoms with Gasteiger partial charge in [-0.05, 0) is 50.0 Å². The Labute approximate surface area is 201 Å². The van der Waals surface area contributed by atoms with E-state index in [0.29, 0.717) is 18.8 Å². The van der Waals surface area contributed by atoms with E-state index >= 15 is 0 Å². The molecule has 1 aromatic heterocycles. The van der Waals surface area contributed by atoms with Gasteiger partial charge in [-0.25, -0.2) is 4.68 Å². The maximum absolute atomic E-state index is 13.9. The van der Waals surface area contributed by atoms with Gasteiger partial charge in [0.05, 0.1) is 18.5 Å². The molecule has 6 nitrogen and oxygen atoms in total. The van der Waals surface area contributed by atoms with Gasteiger partial charge in [-0.15, -0.1) is 0 Å². The average Bonchev–Trinajstić information content (AvgIpc) is 3.33. The van der Waals surface area contributed by atoms with Crippen LogP contribution in [-0.4, -0.2) is 59.8 Å². The molecule has 34 heavy (non-hydrogen) atoms. The summed E-state index contributed by atoms with van der Waals surface area (Å²) >= 11 is 0. The third-order valence-electron chi connectivity index (χ3n) is 5.62. The monoisotopic (exact) mass is 454 g/mol. The second-order valence-corrected chi connectivity index (χ2v) is 8.41. The van der Waals surface area contributed by atoms with E-state index in [9.17, 15) is 4.79 Å². The highest BCUT2D eigenvalue weighted by Crippen LogP contribution is 2.26. The predicted octanol–water partition coefficient (Wildman–Crippen LogP) is 4.75. The number of ether oxygens (including phenoxy) is 1. The van der Waals surface area contributed by atoms with Gasteiger partial charge in [0.2, 0.25) is 0 Å². The number of likely N-dealkylation sites (N-methyl/N-ethyl adjacent to an activating group) is 1. The molecule has 4 aromatic rings. The standard InChI is InChI=1S/C28H30N4O2/c1-30(2)17-18-31(21-22-11-6-4-7-12-22)28(33)27-20-26(23-13-10-16-25(19-23)34-3)29-32(27)24-14-8-5-9-15-24/h4-16,19-20H,17-18,21H2,1-3H3. The van der Waals surface area contributed by atoms with Crippen molar-refractivity contribution in [1.29, 1.82) is 0 Å². The number of carbonyl (C=O) groups is 1. The van der Waals surface area contributed by atoms with E-state index in [0.717, 1.165) is 34.8 Å². The summed E-state index contributed by atoms with van der Waals surface area (Å²) in [5, 5.41) is 4.84. The van der Waals surface area contributed by atoms with Crippen molar-refractivity contribution in [2.24, 2.45) is 0 Å². The van der Waals surface area contributed by atoms with Crippen LogP contribution in [0.15, 0.2) is 91.0 Å². The number of amides is 1. The minimum absolute atomic E-state index is 0.0591. The zero-order chi connectivity index (χ0) is 23.9. The normalized spacial score (nSPS) is 10.9. The number of methoxy groups -OCH3 is 1. The number of rotatable bonds is 9. The lowest BCUT2D eigenvalue weighted by Crippen LogP contribution is -2.37. The third kappa shape index (κ3) is 5.53. The van der Waals surface area contributed by atoms with Crippen LogP contribution in [0, 0.1) is 0 Å². The van der Waals surface area contributed by atoms with Crippen molar-refractivity contribution in [2.75, 3.05) is 34.3 Å². The van der Waals surface area contributed by atoms with Crippen molar-refractivity contribution < 1.29 is 9.53 Å². The SMILES string of the molecule is COc1cccc(-c2cc(C(=O)N(CCN(C)C)Cc3ccccc3)n(-c3ccccc3)n2)c1. The molecule has 1 heterocycles. The molecule has 6 heteroatoms. The minimum atomic E-state index is -0.0591. The van der Waals surface area contributed by atoms with Crippen LogP contribution in [0.1, 0.15) is 16.1 Å². The van der Waals surface area contributed by atoms with E-state index in [1.54, 1.807) is 11.8 Å². The van der Waals surface area contributed by atoms with Gasteiger partial charge < -0.3 is 14.5 Å². The van der Waals surface area contributed by atoms with Crippen molar-refractivity contribution in [3.05, 3.63) is 102 Å². The molecular weight excluding hydrogens is 424 g/mol. The van der Waals surface area contributed by atoms with Crippen LogP contribution >= 0.6 is 0 Å². The topological polar surface area (TPSA) is 50.6 Å². The molecule has 174 valence electrons. The van der Waals surface area contributed by atoms with E-state index in [2.05, 4.69) is 4.90 Å². The highest BCUT2D eigenvalue weighted by molar-refractivity contribution is 5.94. The molecule has 0 radical (unpaired) electrons. The first-order valence-electron chi connectivity index (χ1n) is 11.3. The maximum atomic E-state index is 13.9. The Kier molecular flexibility index (Phi) is 7.40. The molecule has 0 spiro atoms. The molecule has 4 rings (SSSR count). The van der Waals surface area contributed by atoms with Crippen molar-refractivity contribution >= 4 is 5.91 Å². The van der Waals surface area contributed by atoms with E-state index in [1.165, 1.54) is 0 Å². The van der Waals surface area contributed by atoms with Crippen LogP contribution in [0.25, 0.3) is 16.9 Å². The summed E-state index contributed by atoms with van der Waals surface area (Å²) in [5.41, 5.74) is 4.07. The van der Waals surface area contributed by atoms with Gasteiger partial charge >= 0.3 is 0 Å². The molecule has 0 aliphatic carbocycles. The van der Waals surface area contributed by atoms with Crippen molar-refractivity contribution in [2.45, 2.75) is 6.54 Å². The van der Waals surface area contributed by atoms with Gasteiger partial charge in [-0.3, -0.25) is 4.79 Å². The number of hydrogen-bond acceptors (Lipinski definition) is 4. The van der Waals surface area contributed by atoms with Gasteiger partial charge in [0.1, 0.15) is 11.4 Å². The number of hydrogen-bond donors (Lipinski definition) is 0. The van der Waals surface area contributed by atoms with E-state index in [4.69, 9.17) is 9.84 Å². The fourth-order valence-electron chi connectivity index (χ4n) is 3.76. The first-order valence-corrected chi connectivity index (χ1v) is 11.3. The lowest BCUT2D eigenvalue weighted by molar-refractivity contribution is 0.0722. The molecule has 0 saturated heterocycles. The lowest BCUT2D eigenvalue weighted by Gasteiger charge is -2.25. The van der Waals surface area contributed by atoms with Crippen molar-refractivity contribution in [3.63, 3.8) is 0 Å². The zero-order valence-electron chi connectivity index (χ0n) is 19.9. The Morgan fingerprint density at radius 3 is 2.26 bits per heavy atom. The van der Waals surface area contributed by atoms with Gasteiger partial charge in [-0.1, -0.05) is 60.7 Å². The Bertz CT molecular complexity index is 1220. The lowest BCUT2D eigenvalue weighted by atomic mass is 10.1. The van der Waals surface area contributed by atoms with Gasteiger partial charge in [0.25, 0.3) is 5.91 Å². The fourth-order valence-corrected chi connectivity index (χ4v) is 3.76. The average molecular weight is 455 g/mol. The summed E-state index contributed by atoms with van der Waals surface area (Å²) in [5.74, 6) is 0.688. The summed E-state index contributed by atoms with van der Waals surface area (Å²) in [6.07, 6.45) is 0. The van der Waals surface area contributed by atoms with Crippen LogP contribution < -0.4 is 4.74 Å². The number of aromatic nitrogens is 2. The van der Waals surface area contributed by atoms with Crippen LogP contribution in [0.4, 0.5) is 0 Å². The Hall–Kier alpha value is -3.90. The minimum Gasteiger partial charge on any atom is -0.497 e. The van der Waals surface area contributed by atoms with Gasteiger partial charge in [0.15, 0.2) is 0 Å². The Morgan fingerprint density at radius 1 is 0.882 bits per heavy atom. The first kappa shape index (κ1) is 23.3. The molecule has 0 aliphatic rings. The van der Waals surface area contributed by atoms with Crippen molar-refractivity contribution in [3.8, 4) is 22.7 Å². The quantitative estimate of drug-likeness (QED) is 0.366. The molecule has 0 bridgehead atoms. The molecule has 1 amide bonds. The second kappa shape index (κ2) is 10.8. The summed E-state index contributed by atoms with van der Waals surface area (Å²) in [7, 11) is 5.67. The first-order chi connectivity index (χ1) is 16.5. The van der Waals surface area contributed by atoms with Crippen LogP contribution in [0.3, 0.4) is 0 Å². The molecule has 0 unspecified atom stereocenters. The number of nitrogens with zero attached hydrogens (tertiary/aromatic N) is 4. The smallest absolute Gasteiger partial charge is 0.272 e. The van der Waals surface area contributed by atoms with Gasteiger partial charge in [-0.2, -0.15) is 5.10 Å². The third-order valence-corrected chi connectivity index (χ3v) is 5.62. The fraction of sp³-hybridized carbons (Fsp3) is 0.214. The molecule has 0 N–H and O–H groups in total. The summed E-state index contributed by atoms with van der Waals surface area (Å²) in [6, 6.07) is 29.4. The summed E-state index contributed by atoms with van der Waals surface area (Å²) in [4.78, 5) is 17.9. The molecular formula is C28H30N4O2. The van der Waals surface area contributed by atoms with Gasteiger partial charge in [0, 0.05) is 25.2 Å². The number of para-hydroxylation sites is 1. The molecule has 0 fully saturated rings. The Morgan fingerprint density at radius 2 is 1.59 bits per heavy atom. The number of benzene rings is 3. The van der Waals surface area contributed by atoms with Crippen molar-refractivity contribution in [1.82, 2.24) is 19.6 Å². The molecule has 3 aromatic carbocycles. The van der Waals surface area contributed by atoms with E-state index in [1.807, 2.05) is 110 Å². The predicted molar refractivity (Wildman–Crippen MR) is 135 cm³/mol. The molecule has 0 atom stereocenters.